The molecular formula is C9H9ClF2N2O. The van der Waals surface area contributed by atoms with E-state index in [9.17, 15) is 8.78 Å². The van der Waals surface area contributed by atoms with Gasteiger partial charge < -0.3 is 4.74 Å². The Kier molecular flexibility index (Phi) is 2.73. The van der Waals surface area contributed by atoms with Gasteiger partial charge in [0, 0.05) is 18.8 Å². The largest absolute Gasteiger partial charge is 0.463 e. The highest BCUT2D eigenvalue weighted by Gasteiger charge is 2.45. The van der Waals surface area contributed by atoms with Crippen molar-refractivity contribution in [1.82, 2.24) is 9.97 Å². The zero-order valence-corrected chi connectivity index (χ0v) is 8.55. The van der Waals surface area contributed by atoms with Crippen LogP contribution in [0.25, 0.3) is 0 Å². The zero-order valence-electron chi connectivity index (χ0n) is 7.79. The molecule has 0 aromatic carbocycles. The maximum atomic E-state index is 12.5. The van der Waals surface area contributed by atoms with Gasteiger partial charge in [-0.15, -0.1) is 0 Å². The highest BCUT2D eigenvalue weighted by molar-refractivity contribution is 6.30. The first-order valence-corrected chi connectivity index (χ1v) is 4.91. The first kappa shape index (κ1) is 10.5. The summed E-state index contributed by atoms with van der Waals surface area (Å²) < 4.78 is 30.1. The number of hydrogen-bond acceptors (Lipinski definition) is 3. The van der Waals surface area contributed by atoms with E-state index in [1.807, 2.05) is 0 Å². The molecule has 1 saturated carbocycles. The molecule has 0 unspecified atom stereocenters. The molecule has 1 aromatic rings. The summed E-state index contributed by atoms with van der Waals surface area (Å²) in [7, 11) is 0. The summed E-state index contributed by atoms with van der Waals surface area (Å²) in [5, 5.41) is 0.414. The summed E-state index contributed by atoms with van der Waals surface area (Å²) in [6.07, 6.45) is 2.58. The maximum absolute atomic E-state index is 12.5. The van der Waals surface area contributed by atoms with Crippen molar-refractivity contribution in [3.63, 3.8) is 0 Å². The maximum Gasteiger partial charge on any atom is 0.316 e. The van der Waals surface area contributed by atoms with Gasteiger partial charge in [-0.1, -0.05) is 11.6 Å². The van der Waals surface area contributed by atoms with Crippen LogP contribution in [0.4, 0.5) is 8.78 Å². The van der Waals surface area contributed by atoms with Gasteiger partial charge in [-0.3, -0.25) is 0 Å². The third-order valence-corrected chi connectivity index (χ3v) is 2.41. The van der Waals surface area contributed by atoms with Gasteiger partial charge in [0.1, 0.15) is 0 Å². The van der Waals surface area contributed by atoms with E-state index < -0.39 is 5.92 Å². The predicted octanol–water partition coefficient (Wildman–Crippen LogP) is 2.55. The Morgan fingerprint density at radius 2 is 2.00 bits per heavy atom. The van der Waals surface area contributed by atoms with Gasteiger partial charge in [-0.05, 0) is 0 Å². The minimum Gasteiger partial charge on any atom is -0.463 e. The van der Waals surface area contributed by atoms with Crippen LogP contribution in [0.1, 0.15) is 12.8 Å². The van der Waals surface area contributed by atoms with E-state index in [0.717, 1.165) is 0 Å². The lowest BCUT2D eigenvalue weighted by atomic mass is 9.82. The zero-order chi connectivity index (χ0) is 10.9. The molecule has 0 amide bonds. The molecule has 15 heavy (non-hydrogen) atoms. The molecule has 3 nitrogen and oxygen atoms in total. The minimum atomic E-state index is -2.51. The summed E-state index contributed by atoms with van der Waals surface area (Å²) in [4.78, 5) is 7.58. The Bertz CT molecular complexity index is 336. The molecule has 0 spiro atoms. The van der Waals surface area contributed by atoms with Crippen LogP contribution in [-0.2, 0) is 0 Å². The van der Waals surface area contributed by atoms with Crippen LogP contribution in [0.3, 0.4) is 0 Å². The molecule has 1 fully saturated rings. The van der Waals surface area contributed by atoms with Crippen LogP contribution in [0.5, 0.6) is 6.01 Å². The van der Waals surface area contributed by atoms with E-state index in [1.54, 1.807) is 0 Å². The van der Waals surface area contributed by atoms with Crippen LogP contribution in [0.2, 0.25) is 5.02 Å². The molecule has 82 valence electrons. The number of nitrogens with zero attached hydrogens (tertiary/aromatic N) is 2. The molecule has 0 atom stereocenters. The summed E-state index contributed by atoms with van der Waals surface area (Å²) in [5.74, 6) is -2.60. The fourth-order valence-electron chi connectivity index (χ4n) is 1.47. The van der Waals surface area contributed by atoms with E-state index in [1.165, 1.54) is 12.4 Å². The fraction of sp³-hybridized carbons (Fsp3) is 0.556. The van der Waals surface area contributed by atoms with Crippen molar-refractivity contribution in [2.24, 2.45) is 5.92 Å². The topological polar surface area (TPSA) is 35.0 Å². The van der Waals surface area contributed by atoms with E-state index >= 15 is 0 Å². The Morgan fingerprint density at radius 3 is 2.53 bits per heavy atom. The molecular weight excluding hydrogens is 226 g/mol. The molecule has 2 rings (SSSR count). The third-order valence-electron chi connectivity index (χ3n) is 2.22. The lowest BCUT2D eigenvalue weighted by Gasteiger charge is -2.34. The lowest BCUT2D eigenvalue weighted by Crippen LogP contribution is -2.38. The van der Waals surface area contributed by atoms with Crippen molar-refractivity contribution in [3.05, 3.63) is 17.4 Å². The van der Waals surface area contributed by atoms with Crippen molar-refractivity contribution in [2.45, 2.75) is 18.8 Å². The summed E-state index contributed by atoms with van der Waals surface area (Å²) in [6, 6.07) is 0.176. The Morgan fingerprint density at radius 1 is 1.40 bits per heavy atom. The van der Waals surface area contributed by atoms with Crippen molar-refractivity contribution in [3.8, 4) is 6.01 Å². The molecule has 1 aliphatic carbocycles. The van der Waals surface area contributed by atoms with Crippen LogP contribution >= 0.6 is 11.6 Å². The van der Waals surface area contributed by atoms with Gasteiger partial charge in [-0.2, -0.15) is 0 Å². The second-order valence-electron chi connectivity index (χ2n) is 3.63. The highest BCUT2D eigenvalue weighted by Crippen LogP contribution is 2.42. The van der Waals surface area contributed by atoms with Crippen molar-refractivity contribution in [2.75, 3.05) is 6.61 Å². The average molecular weight is 235 g/mol. The van der Waals surface area contributed by atoms with Crippen LogP contribution in [0, 0.1) is 5.92 Å². The Labute approximate surface area is 90.4 Å². The van der Waals surface area contributed by atoms with Gasteiger partial charge in [-0.25, -0.2) is 18.7 Å². The third kappa shape index (κ3) is 2.75. The molecule has 0 radical (unpaired) electrons. The quantitative estimate of drug-likeness (QED) is 0.806. The first-order chi connectivity index (χ1) is 7.05. The molecule has 0 bridgehead atoms. The van der Waals surface area contributed by atoms with Crippen LogP contribution in [0.15, 0.2) is 12.4 Å². The van der Waals surface area contributed by atoms with Gasteiger partial charge >= 0.3 is 6.01 Å². The molecule has 1 aromatic heterocycles. The highest BCUT2D eigenvalue weighted by atomic mass is 35.5. The summed E-state index contributed by atoms with van der Waals surface area (Å²) in [5.41, 5.74) is 0. The average Bonchev–Trinajstić information content (AvgIpc) is 2.14. The lowest BCUT2D eigenvalue weighted by molar-refractivity contribution is -0.119. The summed E-state index contributed by atoms with van der Waals surface area (Å²) in [6.45, 7) is 0.233. The SMILES string of the molecule is FC1(F)CC(COc2ncc(Cl)cn2)C1. The van der Waals surface area contributed by atoms with E-state index in [4.69, 9.17) is 16.3 Å². The Hall–Kier alpha value is -0.970. The Balaban J connectivity index is 1.77. The predicted molar refractivity (Wildman–Crippen MR) is 50.2 cm³/mol. The standard InChI is InChI=1S/C9H9ClF2N2O/c10-7-3-13-8(14-4-7)15-5-6-1-9(11,12)2-6/h3-4,6H,1-2,5H2. The second kappa shape index (κ2) is 3.89. The number of aromatic nitrogens is 2. The number of hydrogen-bond donors (Lipinski definition) is 0. The second-order valence-corrected chi connectivity index (χ2v) is 4.06. The van der Waals surface area contributed by atoms with E-state index in [-0.39, 0.29) is 31.4 Å². The summed E-state index contributed by atoms with van der Waals surface area (Å²) >= 11 is 5.57. The van der Waals surface area contributed by atoms with Gasteiger partial charge in [0.05, 0.1) is 24.0 Å². The minimum absolute atomic E-state index is 0.0979. The molecule has 1 aliphatic rings. The van der Waals surface area contributed by atoms with Crippen molar-refractivity contribution < 1.29 is 13.5 Å². The van der Waals surface area contributed by atoms with Gasteiger partial charge in [0.2, 0.25) is 5.92 Å². The molecule has 0 N–H and O–H groups in total. The van der Waals surface area contributed by atoms with E-state index in [0.29, 0.717) is 5.02 Å². The van der Waals surface area contributed by atoms with Crippen LogP contribution < -0.4 is 4.74 Å². The van der Waals surface area contributed by atoms with Gasteiger partial charge in [0.15, 0.2) is 0 Å². The fourth-order valence-corrected chi connectivity index (χ4v) is 1.57. The molecule has 0 saturated heterocycles. The number of halogens is 3. The van der Waals surface area contributed by atoms with Crippen molar-refractivity contribution >= 4 is 11.6 Å². The normalized spacial score (nSPS) is 19.7. The number of rotatable bonds is 3. The number of ether oxygens (including phenoxy) is 1. The molecule has 6 heteroatoms. The van der Waals surface area contributed by atoms with Crippen LogP contribution in [-0.4, -0.2) is 22.5 Å². The van der Waals surface area contributed by atoms with Gasteiger partial charge in [0.25, 0.3) is 0 Å². The first-order valence-electron chi connectivity index (χ1n) is 4.53. The monoisotopic (exact) mass is 234 g/mol. The number of alkyl halides is 2. The van der Waals surface area contributed by atoms with Crippen molar-refractivity contribution in [1.29, 1.82) is 0 Å². The molecule has 1 heterocycles. The molecule has 0 aliphatic heterocycles. The van der Waals surface area contributed by atoms with E-state index in [2.05, 4.69) is 9.97 Å². The smallest absolute Gasteiger partial charge is 0.316 e.